The molecule has 0 N–H and O–H groups in total. The number of nitrogens with zero attached hydrogens (tertiary/aromatic N) is 1. The Morgan fingerprint density at radius 2 is 1.89 bits per heavy atom. The van der Waals surface area contributed by atoms with Crippen molar-refractivity contribution < 1.29 is 4.92 Å². The van der Waals surface area contributed by atoms with Crippen molar-refractivity contribution in [3.8, 4) is 0 Å². The van der Waals surface area contributed by atoms with Gasteiger partial charge in [0.1, 0.15) is 0 Å². The Hall–Kier alpha value is -1.64. The quantitative estimate of drug-likeness (QED) is 0.595. The molecule has 3 nitrogen and oxygen atoms in total. The fourth-order valence-electron chi connectivity index (χ4n) is 2.56. The Morgan fingerprint density at radius 1 is 1.22 bits per heavy atom. The second-order valence-corrected chi connectivity index (χ2v) is 4.98. The summed E-state index contributed by atoms with van der Waals surface area (Å²) in [6.45, 7) is 0. The monoisotopic (exact) mass is 245 g/mol. The maximum Gasteiger partial charge on any atom is 0.246 e. The fraction of sp³-hybridized carbons (Fsp3) is 0.467. The van der Waals surface area contributed by atoms with Crippen LogP contribution in [0.3, 0.4) is 0 Å². The predicted molar refractivity (Wildman–Crippen MR) is 71.8 cm³/mol. The van der Waals surface area contributed by atoms with Crippen LogP contribution in [-0.4, -0.2) is 4.92 Å². The van der Waals surface area contributed by atoms with Crippen LogP contribution in [0, 0.1) is 16.0 Å². The molecule has 0 saturated heterocycles. The van der Waals surface area contributed by atoms with Crippen molar-refractivity contribution in [3.63, 3.8) is 0 Å². The average Bonchev–Trinajstić information content (AvgIpc) is 2.40. The first kappa shape index (κ1) is 12.8. The van der Waals surface area contributed by atoms with Crippen molar-refractivity contribution in [1.29, 1.82) is 0 Å². The molecule has 0 aliphatic heterocycles. The number of allylic oxidation sites excluding steroid dienone is 2. The summed E-state index contributed by atoms with van der Waals surface area (Å²) < 4.78 is 0. The van der Waals surface area contributed by atoms with Gasteiger partial charge in [-0.05, 0) is 30.4 Å². The minimum absolute atomic E-state index is 0.221. The van der Waals surface area contributed by atoms with Crippen molar-refractivity contribution in [1.82, 2.24) is 0 Å². The molecule has 0 atom stereocenters. The first-order chi connectivity index (χ1) is 8.75. The molecule has 1 fully saturated rings. The average molecular weight is 245 g/mol. The van der Waals surface area contributed by atoms with Gasteiger partial charge < -0.3 is 0 Å². The first-order valence-corrected chi connectivity index (χ1v) is 6.65. The number of rotatable bonds is 4. The zero-order chi connectivity index (χ0) is 12.8. The predicted octanol–water partition coefficient (Wildman–Crippen LogP) is 3.97. The molecule has 0 heterocycles. The molecular weight excluding hydrogens is 226 g/mol. The van der Waals surface area contributed by atoms with E-state index in [0.29, 0.717) is 18.0 Å². The van der Waals surface area contributed by atoms with Crippen LogP contribution in [0.1, 0.15) is 37.7 Å². The van der Waals surface area contributed by atoms with Crippen LogP contribution in [0.15, 0.2) is 42.1 Å². The highest BCUT2D eigenvalue weighted by atomic mass is 16.6. The van der Waals surface area contributed by atoms with Gasteiger partial charge in [-0.25, -0.2) is 0 Å². The van der Waals surface area contributed by atoms with Gasteiger partial charge in [-0.15, -0.1) is 0 Å². The lowest BCUT2D eigenvalue weighted by Gasteiger charge is -2.17. The minimum atomic E-state index is -0.221. The third-order valence-electron chi connectivity index (χ3n) is 3.54. The van der Waals surface area contributed by atoms with Gasteiger partial charge in [0.15, 0.2) is 0 Å². The van der Waals surface area contributed by atoms with Crippen LogP contribution in [0.5, 0.6) is 0 Å². The topological polar surface area (TPSA) is 43.1 Å². The highest BCUT2D eigenvalue weighted by Crippen LogP contribution is 2.26. The van der Waals surface area contributed by atoms with Gasteiger partial charge in [-0.2, -0.15) is 0 Å². The SMILES string of the molecule is O=[N+]([O-])C(=CC1CCCCC1)Cc1ccccc1. The number of benzene rings is 1. The van der Waals surface area contributed by atoms with E-state index in [9.17, 15) is 10.1 Å². The van der Waals surface area contributed by atoms with E-state index in [1.165, 1.54) is 19.3 Å². The second kappa shape index (κ2) is 6.34. The van der Waals surface area contributed by atoms with Crippen molar-refractivity contribution in [2.24, 2.45) is 5.92 Å². The lowest BCUT2D eigenvalue weighted by atomic mass is 9.88. The molecule has 0 bridgehead atoms. The first-order valence-electron chi connectivity index (χ1n) is 6.65. The van der Waals surface area contributed by atoms with E-state index in [-0.39, 0.29) is 4.92 Å². The van der Waals surface area contributed by atoms with Crippen LogP contribution >= 0.6 is 0 Å². The highest BCUT2D eigenvalue weighted by molar-refractivity contribution is 5.19. The van der Waals surface area contributed by atoms with E-state index in [0.717, 1.165) is 18.4 Å². The third kappa shape index (κ3) is 3.69. The smallest absolute Gasteiger partial charge is 0.246 e. The van der Waals surface area contributed by atoms with E-state index in [1.54, 1.807) is 0 Å². The zero-order valence-electron chi connectivity index (χ0n) is 10.5. The van der Waals surface area contributed by atoms with E-state index < -0.39 is 0 Å². The standard InChI is InChI=1S/C15H19NO2/c17-16(18)15(11-13-7-3-1-4-8-13)12-14-9-5-2-6-10-14/h1,3-4,7-8,12,14H,2,5-6,9-11H2. The molecule has 0 spiro atoms. The largest absolute Gasteiger partial charge is 0.259 e. The molecule has 0 radical (unpaired) electrons. The van der Waals surface area contributed by atoms with Crippen molar-refractivity contribution in [2.75, 3.05) is 0 Å². The Kier molecular flexibility index (Phi) is 4.51. The summed E-state index contributed by atoms with van der Waals surface area (Å²) in [6.07, 6.45) is 8.22. The van der Waals surface area contributed by atoms with Gasteiger partial charge in [-0.3, -0.25) is 10.1 Å². The van der Waals surface area contributed by atoms with Crippen LogP contribution in [0.4, 0.5) is 0 Å². The molecule has 1 aliphatic rings. The van der Waals surface area contributed by atoms with Crippen LogP contribution in [-0.2, 0) is 6.42 Å². The molecule has 1 aliphatic carbocycles. The molecule has 0 unspecified atom stereocenters. The van der Waals surface area contributed by atoms with Gasteiger partial charge in [0.05, 0.1) is 11.3 Å². The maximum atomic E-state index is 11.1. The van der Waals surface area contributed by atoms with Crippen LogP contribution in [0.25, 0.3) is 0 Å². The van der Waals surface area contributed by atoms with Gasteiger partial charge >= 0.3 is 0 Å². The summed E-state index contributed by atoms with van der Waals surface area (Å²) in [6, 6.07) is 9.66. The van der Waals surface area contributed by atoms with Crippen molar-refractivity contribution in [2.45, 2.75) is 38.5 Å². The fourth-order valence-corrected chi connectivity index (χ4v) is 2.56. The molecule has 2 rings (SSSR count). The zero-order valence-corrected chi connectivity index (χ0v) is 10.5. The summed E-state index contributed by atoms with van der Waals surface area (Å²) in [5.41, 5.74) is 1.37. The minimum Gasteiger partial charge on any atom is -0.259 e. The van der Waals surface area contributed by atoms with Gasteiger partial charge in [0.25, 0.3) is 0 Å². The van der Waals surface area contributed by atoms with Crippen molar-refractivity contribution in [3.05, 3.63) is 57.8 Å². The molecule has 3 heteroatoms. The lowest BCUT2D eigenvalue weighted by Crippen LogP contribution is -2.09. The summed E-state index contributed by atoms with van der Waals surface area (Å²) in [5.74, 6) is 0.405. The maximum absolute atomic E-state index is 11.1. The Bertz CT molecular complexity index is 419. The van der Waals surface area contributed by atoms with Gasteiger partial charge in [0.2, 0.25) is 5.70 Å². The highest BCUT2D eigenvalue weighted by Gasteiger charge is 2.17. The summed E-state index contributed by atoms with van der Waals surface area (Å²) in [4.78, 5) is 10.9. The van der Waals surface area contributed by atoms with E-state index in [2.05, 4.69) is 0 Å². The summed E-state index contributed by atoms with van der Waals surface area (Å²) >= 11 is 0. The lowest BCUT2D eigenvalue weighted by molar-refractivity contribution is -0.427. The summed E-state index contributed by atoms with van der Waals surface area (Å²) in [7, 11) is 0. The van der Waals surface area contributed by atoms with E-state index in [4.69, 9.17) is 0 Å². The normalized spacial score (nSPS) is 17.7. The molecule has 96 valence electrons. The molecule has 1 saturated carbocycles. The Balaban J connectivity index is 2.08. The van der Waals surface area contributed by atoms with E-state index >= 15 is 0 Å². The molecular formula is C15H19NO2. The molecule has 0 aromatic heterocycles. The Labute approximate surface area is 108 Å². The van der Waals surface area contributed by atoms with Gasteiger partial charge in [0, 0.05) is 0 Å². The Morgan fingerprint density at radius 3 is 2.50 bits per heavy atom. The number of hydrogen-bond donors (Lipinski definition) is 0. The molecule has 0 amide bonds. The summed E-state index contributed by atoms with van der Waals surface area (Å²) in [5, 5.41) is 11.1. The molecule has 18 heavy (non-hydrogen) atoms. The second-order valence-electron chi connectivity index (χ2n) is 4.98. The molecule has 1 aromatic carbocycles. The van der Waals surface area contributed by atoms with Crippen LogP contribution < -0.4 is 0 Å². The van der Waals surface area contributed by atoms with Gasteiger partial charge in [-0.1, -0.05) is 49.6 Å². The van der Waals surface area contributed by atoms with E-state index in [1.807, 2.05) is 36.4 Å². The van der Waals surface area contributed by atoms with Crippen LogP contribution in [0.2, 0.25) is 0 Å². The third-order valence-corrected chi connectivity index (χ3v) is 3.54. The van der Waals surface area contributed by atoms with Crippen molar-refractivity contribution >= 4 is 0 Å². The number of hydrogen-bond acceptors (Lipinski definition) is 2. The number of nitro groups is 1. The molecule has 1 aromatic rings.